The van der Waals surface area contributed by atoms with Gasteiger partial charge < -0.3 is 10.1 Å². The van der Waals surface area contributed by atoms with Crippen molar-refractivity contribution in [1.29, 1.82) is 0 Å². The molecule has 0 fully saturated rings. The van der Waals surface area contributed by atoms with Gasteiger partial charge >= 0.3 is 5.97 Å². The molecule has 0 saturated carbocycles. The normalized spacial score (nSPS) is 17.5. The molecule has 1 aromatic rings. The second-order valence-electron chi connectivity index (χ2n) is 4.36. The Balaban J connectivity index is 2.26. The predicted octanol–water partition coefficient (Wildman–Crippen LogP) is 0.193. The van der Waals surface area contributed by atoms with E-state index in [2.05, 4.69) is 14.8 Å². The summed E-state index contributed by atoms with van der Waals surface area (Å²) < 4.78 is 30.5. The summed E-state index contributed by atoms with van der Waals surface area (Å²) in [5.41, 5.74) is 1.23. The average Bonchev–Trinajstić information content (AvgIpc) is 2.71. The molecule has 0 bridgehead atoms. The number of esters is 1. The summed E-state index contributed by atoms with van der Waals surface area (Å²) in [6.45, 7) is 1.25. The minimum atomic E-state index is -3.82. The number of benzene rings is 1. The first-order valence-corrected chi connectivity index (χ1v) is 7.35. The molecule has 8 heteroatoms. The van der Waals surface area contributed by atoms with Crippen LogP contribution in [0.2, 0.25) is 0 Å². The van der Waals surface area contributed by atoms with Crippen molar-refractivity contribution in [3.63, 3.8) is 0 Å². The molecule has 0 unspecified atom stereocenters. The van der Waals surface area contributed by atoms with Crippen LogP contribution in [0.3, 0.4) is 0 Å². The van der Waals surface area contributed by atoms with Crippen LogP contribution < -0.4 is 10.0 Å². The van der Waals surface area contributed by atoms with Gasteiger partial charge in [0.25, 0.3) is 0 Å². The van der Waals surface area contributed by atoms with E-state index in [0.717, 1.165) is 0 Å². The predicted molar refractivity (Wildman–Crippen MR) is 70.7 cm³/mol. The van der Waals surface area contributed by atoms with Crippen LogP contribution in [-0.4, -0.2) is 33.9 Å². The van der Waals surface area contributed by atoms with Crippen molar-refractivity contribution < 1.29 is 22.7 Å². The number of nitrogens with one attached hydrogen (secondary N) is 2. The molecule has 108 valence electrons. The van der Waals surface area contributed by atoms with Gasteiger partial charge in [0.15, 0.2) is 0 Å². The first kappa shape index (κ1) is 14.5. The fraction of sp³-hybridized carbons (Fsp3) is 0.333. The van der Waals surface area contributed by atoms with Crippen LogP contribution in [0.4, 0.5) is 5.69 Å². The van der Waals surface area contributed by atoms with Gasteiger partial charge in [-0.05, 0) is 30.7 Å². The average molecular weight is 298 g/mol. The molecule has 1 aliphatic heterocycles. The Labute approximate surface area is 116 Å². The van der Waals surface area contributed by atoms with Crippen LogP contribution in [0, 0.1) is 0 Å². The van der Waals surface area contributed by atoms with Crippen molar-refractivity contribution in [3.05, 3.63) is 23.8 Å². The Morgan fingerprint density at radius 2 is 2.15 bits per heavy atom. The molecule has 0 aromatic heterocycles. The Bertz CT molecular complexity index is 668. The molecular weight excluding hydrogens is 284 g/mol. The Morgan fingerprint density at radius 1 is 1.45 bits per heavy atom. The van der Waals surface area contributed by atoms with Gasteiger partial charge in [-0.25, -0.2) is 8.42 Å². The van der Waals surface area contributed by atoms with Crippen LogP contribution in [0.5, 0.6) is 0 Å². The summed E-state index contributed by atoms with van der Waals surface area (Å²) in [5.74, 6) is -1.25. The lowest BCUT2D eigenvalue weighted by Crippen LogP contribution is -2.30. The maximum absolute atomic E-state index is 12.0. The lowest BCUT2D eigenvalue weighted by Gasteiger charge is -2.08. The van der Waals surface area contributed by atoms with Gasteiger partial charge in [0, 0.05) is 5.69 Å². The molecule has 1 aliphatic rings. The number of hydrogen-bond acceptors (Lipinski definition) is 5. The summed E-state index contributed by atoms with van der Waals surface area (Å²) in [6.07, 6.45) is 0. The maximum atomic E-state index is 12.0. The van der Waals surface area contributed by atoms with Crippen LogP contribution >= 0.6 is 0 Å². The van der Waals surface area contributed by atoms with E-state index in [1.165, 1.54) is 25.3 Å². The van der Waals surface area contributed by atoms with Crippen LogP contribution in [0.15, 0.2) is 23.1 Å². The highest BCUT2D eigenvalue weighted by Crippen LogP contribution is 2.33. The van der Waals surface area contributed by atoms with Gasteiger partial charge in [-0.1, -0.05) is 0 Å². The van der Waals surface area contributed by atoms with Crippen LogP contribution in [0.1, 0.15) is 18.4 Å². The number of methoxy groups -OCH3 is 1. The Morgan fingerprint density at radius 3 is 2.80 bits per heavy atom. The standard InChI is InChI=1S/C12H14N2O5S/c1-7-9-5-8(3-4-10(9)14-12(7)16)20(17,18)13-6-11(15)19-2/h3-5,7,13H,6H2,1-2H3,(H,14,16)/t7-/m1/s1. The van der Waals surface area contributed by atoms with E-state index in [-0.39, 0.29) is 10.8 Å². The quantitative estimate of drug-likeness (QED) is 0.773. The number of rotatable bonds is 4. The summed E-state index contributed by atoms with van der Waals surface area (Å²) in [7, 11) is -2.65. The van der Waals surface area contributed by atoms with Crippen LogP contribution in [-0.2, 0) is 24.3 Å². The zero-order chi connectivity index (χ0) is 14.9. The highest BCUT2D eigenvalue weighted by Gasteiger charge is 2.28. The fourth-order valence-electron chi connectivity index (χ4n) is 1.87. The molecular formula is C12H14N2O5S. The zero-order valence-corrected chi connectivity index (χ0v) is 11.8. The highest BCUT2D eigenvalue weighted by atomic mass is 32.2. The Hall–Kier alpha value is -1.93. The van der Waals surface area contributed by atoms with Crippen LogP contribution in [0.25, 0.3) is 0 Å². The van der Waals surface area contributed by atoms with E-state index in [4.69, 9.17) is 0 Å². The van der Waals surface area contributed by atoms with E-state index >= 15 is 0 Å². The van der Waals surface area contributed by atoms with E-state index in [9.17, 15) is 18.0 Å². The Kier molecular flexibility index (Phi) is 3.78. The van der Waals surface area contributed by atoms with Crippen molar-refractivity contribution in [2.24, 2.45) is 0 Å². The molecule has 1 heterocycles. The number of fused-ring (bicyclic) bond motifs is 1. The third kappa shape index (κ3) is 2.66. The number of sulfonamides is 1. The number of hydrogen-bond donors (Lipinski definition) is 2. The molecule has 1 amide bonds. The number of carbonyl (C=O) groups excluding carboxylic acids is 2. The molecule has 20 heavy (non-hydrogen) atoms. The van der Waals surface area contributed by atoms with Gasteiger partial charge in [-0.3, -0.25) is 9.59 Å². The largest absolute Gasteiger partial charge is 0.468 e. The number of amides is 1. The van der Waals surface area contributed by atoms with Crippen molar-refractivity contribution in [2.75, 3.05) is 19.0 Å². The summed E-state index contributed by atoms with van der Waals surface area (Å²) >= 11 is 0. The third-order valence-electron chi connectivity index (χ3n) is 3.09. The first-order chi connectivity index (χ1) is 9.35. The van der Waals surface area contributed by atoms with Gasteiger partial charge in [0.2, 0.25) is 15.9 Å². The molecule has 1 aromatic carbocycles. The number of carbonyl (C=O) groups is 2. The molecule has 0 aliphatic carbocycles. The molecule has 0 spiro atoms. The maximum Gasteiger partial charge on any atom is 0.320 e. The second kappa shape index (κ2) is 5.22. The third-order valence-corrected chi connectivity index (χ3v) is 4.48. The number of anilines is 1. The molecule has 0 radical (unpaired) electrons. The topological polar surface area (TPSA) is 102 Å². The SMILES string of the molecule is COC(=O)CNS(=O)(=O)c1ccc2c(c1)[C@@H](C)C(=O)N2. The van der Waals surface area contributed by atoms with Crippen molar-refractivity contribution in [1.82, 2.24) is 4.72 Å². The second-order valence-corrected chi connectivity index (χ2v) is 6.13. The smallest absolute Gasteiger partial charge is 0.320 e. The van der Waals surface area contributed by atoms with E-state index in [0.29, 0.717) is 11.3 Å². The summed E-state index contributed by atoms with van der Waals surface area (Å²) in [5, 5.41) is 2.66. The van der Waals surface area contributed by atoms with Crippen molar-refractivity contribution >= 4 is 27.6 Å². The summed E-state index contributed by atoms with van der Waals surface area (Å²) in [6, 6.07) is 4.33. The van der Waals surface area contributed by atoms with E-state index in [1.54, 1.807) is 6.92 Å². The fourth-order valence-corrected chi connectivity index (χ4v) is 2.88. The molecule has 1 atom stereocenters. The molecule has 2 N–H and O–H groups in total. The molecule has 0 saturated heterocycles. The van der Waals surface area contributed by atoms with E-state index < -0.39 is 28.5 Å². The van der Waals surface area contributed by atoms with Gasteiger partial charge in [0.05, 0.1) is 17.9 Å². The lowest BCUT2D eigenvalue weighted by atomic mass is 10.0. The van der Waals surface area contributed by atoms with E-state index in [1.807, 2.05) is 0 Å². The first-order valence-electron chi connectivity index (χ1n) is 5.86. The zero-order valence-electron chi connectivity index (χ0n) is 11.0. The summed E-state index contributed by atoms with van der Waals surface area (Å²) in [4.78, 5) is 22.5. The van der Waals surface area contributed by atoms with Crippen molar-refractivity contribution in [2.45, 2.75) is 17.7 Å². The highest BCUT2D eigenvalue weighted by molar-refractivity contribution is 7.89. The minimum absolute atomic E-state index is 0.00324. The van der Waals surface area contributed by atoms with Crippen molar-refractivity contribution in [3.8, 4) is 0 Å². The van der Waals surface area contributed by atoms with Gasteiger partial charge in [-0.2, -0.15) is 4.72 Å². The molecule has 2 rings (SSSR count). The lowest BCUT2D eigenvalue weighted by molar-refractivity contribution is -0.139. The monoisotopic (exact) mass is 298 g/mol. The minimum Gasteiger partial charge on any atom is -0.468 e. The van der Waals surface area contributed by atoms with Gasteiger partial charge in [-0.15, -0.1) is 0 Å². The van der Waals surface area contributed by atoms with Gasteiger partial charge in [0.1, 0.15) is 6.54 Å². The molecule has 7 nitrogen and oxygen atoms in total. The number of ether oxygens (including phenoxy) is 1.